The number of hydrogen-bond donors (Lipinski definition) is 1. The quantitative estimate of drug-likeness (QED) is 0.922. The lowest BCUT2D eigenvalue weighted by Crippen LogP contribution is -2.51. The summed E-state index contributed by atoms with van der Waals surface area (Å²) in [6.07, 6.45) is 4.51. The molecule has 2 aliphatic heterocycles. The van der Waals surface area contributed by atoms with Crippen LogP contribution in [0, 0.1) is 12.8 Å². The molecule has 1 N–H and O–H groups in total. The van der Waals surface area contributed by atoms with E-state index < -0.39 is 0 Å². The molecule has 4 heteroatoms. The maximum Gasteiger partial charge on any atom is 0.317 e. The zero-order chi connectivity index (χ0) is 16.9. The zero-order valence-corrected chi connectivity index (χ0v) is 15.1. The standard InChI is InChI=1S/C20H31N3O/c1-16-6-5-11-23(14-16)20(24)21-19-9-12-22(13-10-19)15-18-8-4-3-7-17(18)2/h3-4,7-8,16,19H,5-6,9-15H2,1-2H3,(H,21,24). The predicted molar refractivity (Wildman–Crippen MR) is 98.0 cm³/mol. The number of rotatable bonds is 3. The molecule has 0 aromatic heterocycles. The lowest BCUT2D eigenvalue weighted by Gasteiger charge is -2.36. The van der Waals surface area contributed by atoms with Gasteiger partial charge in [-0.05, 0) is 49.7 Å². The summed E-state index contributed by atoms with van der Waals surface area (Å²) in [6.45, 7) is 9.41. The maximum atomic E-state index is 12.4. The third-order valence-corrected chi connectivity index (χ3v) is 5.51. The Labute approximate surface area is 146 Å². The smallest absolute Gasteiger partial charge is 0.317 e. The van der Waals surface area contributed by atoms with E-state index in [9.17, 15) is 4.79 Å². The molecule has 1 aromatic carbocycles. The molecule has 0 aliphatic carbocycles. The van der Waals surface area contributed by atoms with Gasteiger partial charge in [0.1, 0.15) is 0 Å². The summed E-state index contributed by atoms with van der Waals surface area (Å²) >= 11 is 0. The first-order valence-electron chi connectivity index (χ1n) is 9.44. The first-order valence-corrected chi connectivity index (χ1v) is 9.44. The average molecular weight is 329 g/mol. The Bertz CT molecular complexity index is 552. The highest BCUT2D eigenvalue weighted by Crippen LogP contribution is 2.18. The number of nitrogens with zero attached hydrogens (tertiary/aromatic N) is 2. The van der Waals surface area contributed by atoms with Gasteiger partial charge in [-0.15, -0.1) is 0 Å². The second-order valence-corrected chi connectivity index (χ2v) is 7.62. The fourth-order valence-electron chi connectivity index (χ4n) is 3.90. The second kappa shape index (κ2) is 8.02. The lowest BCUT2D eigenvalue weighted by atomic mass is 10.0. The molecule has 1 atom stereocenters. The van der Waals surface area contributed by atoms with Gasteiger partial charge >= 0.3 is 6.03 Å². The number of carbonyl (C=O) groups is 1. The molecule has 4 nitrogen and oxygen atoms in total. The van der Waals surface area contributed by atoms with E-state index in [0.717, 1.165) is 52.0 Å². The number of likely N-dealkylation sites (tertiary alicyclic amines) is 2. The summed E-state index contributed by atoms with van der Waals surface area (Å²) in [5.41, 5.74) is 2.79. The molecule has 0 spiro atoms. The van der Waals surface area contributed by atoms with Gasteiger partial charge in [0.15, 0.2) is 0 Å². The second-order valence-electron chi connectivity index (χ2n) is 7.62. The van der Waals surface area contributed by atoms with Crippen molar-refractivity contribution in [2.45, 2.75) is 52.1 Å². The van der Waals surface area contributed by atoms with Crippen LogP contribution in [0.3, 0.4) is 0 Å². The molecule has 0 radical (unpaired) electrons. The van der Waals surface area contributed by atoms with Crippen molar-refractivity contribution in [2.24, 2.45) is 5.92 Å². The van der Waals surface area contributed by atoms with Gasteiger partial charge in [-0.2, -0.15) is 0 Å². The van der Waals surface area contributed by atoms with E-state index in [-0.39, 0.29) is 6.03 Å². The van der Waals surface area contributed by atoms with Gasteiger partial charge in [0.2, 0.25) is 0 Å². The van der Waals surface area contributed by atoms with Crippen molar-refractivity contribution in [1.82, 2.24) is 15.1 Å². The SMILES string of the molecule is Cc1ccccc1CN1CCC(NC(=O)N2CCCC(C)C2)CC1. The molecule has 0 bridgehead atoms. The Morgan fingerprint density at radius 1 is 1.17 bits per heavy atom. The Balaban J connectivity index is 1.43. The van der Waals surface area contributed by atoms with E-state index in [4.69, 9.17) is 0 Å². The fourth-order valence-corrected chi connectivity index (χ4v) is 3.90. The number of piperidine rings is 2. The van der Waals surface area contributed by atoms with E-state index in [1.165, 1.54) is 17.5 Å². The number of urea groups is 1. The summed E-state index contributed by atoms with van der Waals surface area (Å²) in [4.78, 5) is 16.9. The molecule has 2 amide bonds. The van der Waals surface area contributed by atoms with Gasteiger partial charge in [0, 0.05) is 38.8 Å². The third-order valence-electron chi connectivity index (χ3n) is 5.51. The number of hydrogen-bond acceptors (Lipinski definition) is 2. The molecule has 1 aromatic rings. The van der Waals surface area contributed by atoms with E-state index in [1.807, 2.05) is 4.90 Å². The topological polar surface area (TPSA) is 35.6 Å². The average Bonchev–Trinajstić information content (AvgIpc) is 2.58. The van der Waals surface area contributed by atoms with Crippen LogP contribution in [0.1, 0.15) is 43.7 Å². The molecule has 2 fully saturated rings. The largest absolute Gasteiger partial charge is 0.335 e. The highest BCUT2D eigenvalue weighted by Gasteiger charge is 2.25. The van der Waals surface area contributed by atoms with Crippen molar-refractivity contribution in [3.8, 4) is 0 Å². The minimum Gasteiger partial charge on any atom is -0.335 e. The number of aryl methyl sites for hydroxylation is 1. The van der Waals surface area contributed by atoms with Gasteiger partial charge in [0.25, 0.3) is 0 Å². The van der Waals surface area contributed by atoms with Crippen molar-refractivity contribution in [2.75, 3.05) is 26.2 Å². The molecule has 2 saturated heterocycles. The van der Waals surface area contributed by atoms with Crippen LogP contribution >= 0.6 is 0 Å². The van der Waals surface area contributed by atoms with Crippen LogP contribution in [-0.4, -0.2) is 48.1 Å². The van der Waals surface area contributed by atoms with Crippen LogP contribution in [0.25, 0.3) is 0 Å². The molecule has 3 rings (SSSR count). The van der Waals surface area contributed by atoms with Crippen LogP contribution in [0.5, 0.6) is 0 Å². The third kappa shape index (κ3) is 4.50. The summed E-state index contributed by atoms with van der Waals surface area (Å²) in [6, 6.07) is 9.11. The Hall–Kier alpha value is -1.55. The molecular formula is C20H31N3O. The van der Waals surface area contributed by atoms with Crippen LogP contribution in [0.4, 0.5) is 4.79 Å². The van der Waals surface area contributed by atoms with Crippen molar-refractivity contribution < 1.29 is 4.79 Å². The van der Waals surface area contributed by atoms with Gasteiger partial charge in [-0.3, -0.25) is 4.90 Å². The van der Waals surface area contributed by atoms with E-state index in [1.54, 1.807) is 0 Å². The van der Waals surface area contributed by atoms with Crippen LogP contribution in [-0.2, 0) is 6.54 Å². The van der Waals surface area contributed by atoms with Gasteiger partial charge < -0.3 is 10.2 Å². The Kier molecular flexibility index (Phi) is 5.77. The molecule has 2 aliphatic rings. The van der Waals surface area contributed by atoms with Crippen molar-refractivity contribution >= 4 is 6.03 Å². The minimum absolute atomic E-state index is 0.152. The zero-order valence-electron chi connectivity index (χ0n) is 15.1. The van der Waals surface area contributed by atoms with E-state index in [0.29, 0.717) is 12.0 Å². The summed E-state index contributed by atoms with van der Waals surface area (Å²) in [7, 11) is 0. The Morgan fingerprint density at radius 3 is 2.62 bits per heavy atom. The highest BCUT2D eigenvalue weighted by molar-refractivity contribution is 5.74. The fraction of sp³-hybridized carbons (Fsp3) is 0.650. The Morgan fingerprint density at radius 2 is 1.92 bits per heavy atom. The number of benzene rings is 1. The van der Waals surface area contributed by atoms with Crippen LogP contribution in [0.2, 0.25) is 0 Å². The normalized spacial score (nSPS) is 23.2. The van der Waals surface area contributed by atoms with E-state index in [2.05, 4.69) is 48.3 Å². The number of amides is 2. The monoisotopic (exact) mass is 329 g/mol. The first-order chi connectivity index (χ1) is 11.6. The maximum absolute atomic E-state index is 12.4. The number of nitrogens with one attached hydrogen (secondary N) is 1. The first kappa shape index (κ1) is 17.3. The molecule has 0 saturated carbocycles. The van der Waals surface area contributed by atoms with Crippen molar-refractivity contribution in [3.63, 3.8) is 0 Å². The molecule has 132 valence electrons. The summed E-state index contributed by atoms with van der Waals surface area (Å²) in [5.74, 6) is 0.639. The molecule has 2 heterocycles. The summed E-state index contributed by atoms with van der Waals surface area (Å²) in [5, 5.41) is 3.27. The molecule has 24 heavy (non-hydrogen) atoms. The van der Waals surface area contributed by atoms with Crippen molar-refractivity contribution in [3.05, 3.63) is 35.4 Å². The lowest BCUT2D eigenvalue weighted by molar-refractivity contribution is 0.152. The minimum atomic E-state index is 0.152. The van der Waals surface area contributed by atoms with Gasteiger partial charge in [-0.25, -0.2) is 4.79 Å². The van der Waals surface area contributed by atoms with E-state index >= 15 is 0 Å². The summed E-state index contributed by atoms with van der Waals surface area (Å²) < 4.78 is 0. The van der Waals surface area contributed by atoms with Crippen molar-refractivity contribution in [1.29, 1.82) is 0 Å². The van der Waals surface area contributed by atoms with Gasteiger partial charge in [-0.1, -0.05) is 31.2 Å². The molecular weight excluding hydrogens is 298 g/mol. The van der Waals surface area contributed by atoms with Crippen LogP contribution < -0.4 is 5.32 Å². The highest BCUT2D eigenvalue weighted by atomic mass is 16.2. The van der Waals surface area contributed by atoms with Gasteiger partial charge in [0.05, 0.1) is 0 Å². The molecule has 1 unspecified atom stereocenters. The van der Waals surface area contributed by atoms with Crippen LogP contribution in [0.15, 0.2) is 24.3 Å². The predicted octanol–water partition coefficient (Wildman–Crippen LogP) is 3.40. The number of carbonyl (C=O) groups excluding carboxylic acids is 1.